The van der Waals surface area contributed by atoms with Crippen molar-refractivity contribution in [3.8, 4) is 0 Å². The van der Waals surface area contributed by atoms with Crippen LogP contribution in [0.25, 0.3) is 0 Å². The van der Waals surface area contributed by atoms with Gasteiger partial charge in [0.2, 0.25) is 0 Å². The molecule has 0 spiro atoms. The van der Waals surface area contributed by atoms with Crippen LogP contribution in [0, 0.1) is 5.92 Å². The Hall–Kier alpha value is -0.0400. The summed E-state index contributed by atoms with van der Waals surface area (Å²) in [6.45, 7) is 4.89. The molecule has 0 aromatic rings. The minimum Gasteiger partial charge on any atom is -0.396 e. The molecule has 1 unspecified atom stereocenters. The minimum atomic E-state index is 0.370. The van der Waals surface area contributed by atoms with Crippen LogP contribution < -0.4 is 0 Å². The van der Waals surface area contributed by atoms with Crippen LogP contribution in [0.2, 0.25) is 0 Å². The molecule has 86 valence electrons. The summed E-state index contributed by atoms with van der Waals surface area (Å²) in [4.78, 5) is 0. The third-order valence-corrected chi connectivity index (χ3v) is 2.93. The van der Waals surface area contributed by atoms with Crippen LogP contribution in [-0.4, -0.2) is 11.7 Å². The van der Waals surface area contributed by atoms with Gasteiger partial charge in [0, 0.05) is 6.61 Å². The van der Waals surface area contributed by atoms with Gasteiger partial charge in [-0.25, -0.2) is 0 Å². The van der Waals surface area contributed by atoms with Crippen molar-refractivity contribution in [1.29, 1.82) is 0 Å². The molecule has 0 aliphatic carbocycles. The number of aliphatic hydroxyl groups is 1. The summed E-state index contributed by atoms with van der Waals surface area (Å²) in [7, 11) is 0. The molecule has 0 saturated carbocycles. The Morgan fingerprint density at radius 1 is 0.786 bits per heavy atom. The lowest BCUT2D eigenvalue weighted by atomic mass is 9.92. The molecule has 0 heterocycles. The second-order valence-electron chi connectivity index (χ2n) is 4.37. The fourth-order valence-electron chi connectivity index (χ4n) is 2.08. The third kappa shape index (κ3) is 8.55. The zero-order chi connectivity index (χ0) is 10.6. The molecule has 0 fully saturated rings. The minimum absolute atomic E-state index is 0.370. The highest BCUT2D eigenvalue weighted by molar-refractivity contribution is 4.59. The summed E-state index contributed by atoms with van der Waals surface area (Å²) in [5.74, 6) is 0.879. The Kier molecular flexibility index (Phi) is 11.0. The van der Waals surface area contributed by atoms with Crippen LogP contribution in [0.15, 0.2) is 0 Å². The maximum absolute atomic E-state index is 8.79. The number of aliphatic hydroxyl groups excluding tert-OH is 1. The lowest BCUT2D eigenvalue weighted by molar-refractivity contribution is 0.263. The van der Waals surface area contributed by atoms with Crippen molar-refractivity contribution >= 4 is 0 Å². The lowest BCUT2D eigenvalue weighted by Crippen LogP contribution is -2.01. The highest BCUT2D eigenvalue weighted by atomic mass is 16.2. The first-order valence-corrected chi connectivity index (χ1v) is 6.46. The number of rotatable bonds is 10. The van der Waals surface area contributed by atoms with Crippen molar-refractivity contribution in [2.45, 2.75) is 71.6 Å². The van der Waals surface area contributed by atoms with Crippen LogP contribution in [0.3, 0.4) is 0 Å². The van der Waals surface area contributed by atoms with E-state index in [1.165, 1.54) is 51.4 Å². The van der Waals surface area contributed by atoms with Crippen molar-refractivity contribution < 1.29 is 5.11 Å². The van der Waals surface area contributed by atoms with E-state index in [9.17, 15) is 0 Å². The quantitative estimate of drug-likeness (QED) is 0.525. The van der Waals surface area contributed by atoms with E-state index in [-0.39, 0.29) is 0 Å². The molecule has 0 rings (SSSR count). The average Bonchev–Trinajstić information content (AvgIpc) is 2.20. The third-order valence-electron chi connectivity index (χ3n) is 2.93. The van der Waals surface area contributed by atoms with Gasteiger partial charge in [-0.15, -0.1) is 0 Å². The molecular weight excluding hydrogens is 172 g/mol. The lowest BCUT2D eigenvalue weighted by Gasteiger charge is -2.15. The van der Waals surface area contributed by atoms with Crippen molar-refractivity contribution in [2.75, 3.05) is 6.61 Å². The molecule has 14 heavy (non-hydrogen) atoms. The normalized spacial score (nSPS) is 13.1. The molecule has 0 aromatic heterocycles. The molecular formula is C13H28O. The van der Waals surface area contributed by atoms with Crippen molar-refractivity contribution in [2.24, 2.45) is 5.92 Å². The molecule has 0 saturated heterocycles. The number of hydrogen-bond acceptors (Lipinski definition) is 1. The van der Waals surface area contributed by atoms with E-state index in [1.54, 1.807) is 0 Å². The Labute approximate surface area is 89.9 Å². The maximum Gasteiger partial charge on any atom is 0.0431 e. The Morgan fingerprint density at radius 2 is 1.50 bits per heavy atom. The van der Waals surface area contributed by atoms with Crippen molar-refractivity contribution in [1.82, 2.24) is 0 Å². The van der Waals surface area contributed by atoms with E-state index in [4.69, 9.17) is 5.11 Å². The molecule has 0 bridgehead atoms. The number of unbranched alkanes of at least 4 members (excludes halogenated alkanes) is 3. The second kappa shape index (κ2) is 11.0. The van der Waals surface area contributed by atoms with Gasteiger partial charge in [0.1, 0.15) is 0 Å². The maximum atomic E-state index is 8.79. The highest BCUT2D eigenvalue weighted by Gasteiger charge is 2.06. The van der Waals surface area contributed by atoms with Gasteiger partial charge < -0.3 is 5.11 Å². The fraction of sp³-hybridized carbons (Fsp3) is 1.00. The zero-order valence-electron chi connectivity index (χ0n) is 10.1. The van der Waals surface area contributed by atoms with Crippen LogP contribution in [0.5, 0.6) is 0 Å². The van der Waals surface area contributed by atoms with Crippen molar-refractivity contribution in [3.05, 3.63) is 0 Å². The zero-order valence-corrected chi connectivity index (χ0v) is 10.1. The monoisotopic (exact) mass is 200 g/mol. The summed E-state index contributed by atoms with van der Waals surface area (Å²) >= 11 is 0. The SMILES string of the molecule is CCCCCCC(CCC)CCCO. The summed E-state index contributed by atoms with van der Waals surface area (Å²) in [6.07, 6.45) is 11.8. The van der Waals surface area contributed by atoms with E-state index < -0.39 is 0 Å². The predicted octanol–water partition coefficient (Wildman–Crippen LogP) is 4.15. The molecule has 0 amide bonds. The summed E-state index contributed by atoms with van der Waals surface area (Å²) in [5, 5.41) is 8.79. The summed E-state index contributed by atoms with van der Waals surface area (Å²) in [5.41, 5.74) is 0. The standard InChI is InChI=1S/C13H28O/c1-3-5-6-7-10-13(9-4-2)11-8-12-14/h13-14H,3-12H2,1-2H3. The number of hydrogen-bond donors (Lipinski definition) is 1. The molecule has 1 N–H and O–H groups in total. The van der Waals surface area contributed by atoms with Gasteiger partial charge in [0.05, 0.1) is 0 Å². The van der Waals surface area contributed by atoms with Gasteiger partial charge in [0.25, 0.3) is 0 Å². The molecule has 1 nitrogen and oxygen atoms in total. The van der Waals surface area contributed by atoms with E-state index in [0.29, 0.717) is 6.61 Å². The molecule has 1 atom stereocenters. The first kappa shape index (κ1) is 14.0. The van der Waals surface area contributed by atoms with E-state index in [0.717, 1.165) is 12.3 Å². The first-order valence-electron chi connectivity index (χ1n) is 6.46. The first-order chi connectivity index (χ1) is 6.85. The molecule has 0 aromatic carbocycles. The van der Waals surface area contributed by atoms with Gasteiger partial charge >= 0.3 is 0 Å². The molecule has 0 aliphatic heterocycles. The summed E-state index contributed by atoms with van der Waals surface area (Å²) in [6, 6.07) is 0. The Balaban J connectivity index is 3.40. The van der Waals surface area contributed by atoms with Crippen LogP contribution in [0.1, 0.15) is 71.6 Å². The average molecular weight is 200 g/mol. The van der Waals surface area contributed by atoms with Crippen LogP contribution in [0.4, 0.5) is 0 Å². The molecule has 0 aliphatic rings. The van der Waals surface area contributed by atoms with E-state index >= 15 is 0 Å². The smallest absolute Gasteiger partial charge is 0.0431 e. The largest absolute Gasteiger partial charge is 0.396 e. The van der Waals surface area contributed by atoms with Gasteiger partial charge in [-0.1, -0.05) is 58.8 Å². The van der Waals surface area contributed by atoms with Crippen molar-refractivity contribution in [3.63, 3.8) is 0 Å². The van der Waals surface area contributed by atoms with Gasteiger partial charge in [-0.3, -0.25) is 0 Å². The Bertz CT molecular complexity index is 101. The van der Waals surface area contributed by atoms with Crippen LogP contribution >= 0.6 is 0 Å². The van der Waals surface area contributed by atoms with E-state index in [1.807, 2.05) is 0 Å². The van der Waals surface area contributed by atoms with E-state index in [2.05, 4.69) is 13.8 Å². The molecule has 1 heteroatoms. The topological polar surface area (TPSA) is 20.2 Å². The van der Waals surface area contributed by atoms with Gasteiger partial charge in [-0.05, 0) is 18.8 Å². The predicted molar refractivity (Wildman–Crippen MR) is 63.5 cm³/mol. The molecule has 0 radical (unpaired) electrons. The van der Waals surface area contributed by atoms with Crippen LogP contribution in [-0.2, 0) is 0 Å². The van der Waals surface area contributed by atoms with Gasteiger partial charge in [0.15, 0.2) is 0 Å². The van der Waals surface area contributed by atoms with Gasteiger partial charge in [-0.2, -0.15) is 0 Å². The highest BCUT2D eigenvalue weighted by Crippen LogP contribution is 2.20. The second-order valence-corrected chi connectivity index (χ2v) is 4.37. The Morgan fingerprint density at radius 3 is 2.07 bits per heavy atom. The summed E-state index contributed by atoms with van der Waals surface area (Å²) < 4.78 is 0. The fourth-order valence-corrected chi connectivity index (χ4v) is 2.08.